The van der Waals surface area contributed by atoms with E-state index in [1.165, 1.54) is 12.1 Å². The van der Waals surface area contributed by atoms with E-state index in [0.717, 1.165) is 5.56 Å². The summed E-state index contributed by atoms with van der Waals surface area (Å²) in [4.78, 5) is 23.1. The predicted octanol–water partition coefficient (Wildman–Crippen LogP) is 3.81. The Bertz CT molecular complexity index is 822. The number of carbonyl (C=O) groups is 1. The predicted molar refractivity (Wildman–Crippen MR) is 89.6 cm³/mol. The van der Waals surface area contributed by atoms with Gasteiger partial charge in [0.25, 0.3) is 11.6 Å². The highest BCUT2D eigenvalue weighted by atomic mass is 35.5. The van der Waals surface area contributed by atoms with Crippen molar-refractivity contribution in [1.29, 1.82) is 0 Å². The molecule has 0 radical (unpaired) electrons. The van der Waals surface area contributed by atoms with E-state index in [2.05, 4.69) is 5.32 Å². The number of benzene rings is 2. The molecule has 2 aromatic rings. The number of amides is 1. The first-order valence-electron chi connectivity index (χ1n) is 7.45. The molecule has 1 amide bonds. The molecule has 7 heteroatoms. The summed E-state index contributed by atoms with van der Waals surface area (Å²) < 4.78 is 5.57. The quantitative estimate of drug-likeness (QED) is 0.676. The molecule has 1 heterocycles. The van der Waals surface area contributed by atoms with Gasteiger partial charge in [0.2, 0.25) is 0 Å². The first-order chi connectivity index (χ1) is 11.5. The van der Waals surface area contributed by atoms with Crippen LogP contribution in [0.15, 0.2) is 36.4 Å². The van der Waals surface area contributed by atoms with Gasteiger partial charge in [-0.05, 0) is 19.1 Å². The van der Waals surface area contributed by atoms with Crippen molar-refractivity contribution in [2.24, 2.45) is 0 Å². The van der Waals surface area contributed by atoms with Crippen LogP contribution in [0.1, 0.15) is 33.9 Å². The van der Waals surface area contributed by atoms with E-state index < -0.39 is 4.92 Å². The molecule has 1 aliphatic rings. The molecule has 0 fully saturated rings. The third-order valence-electron chi connectivity index (χ3n) is 4.08. The van der Waals surface area contributed by atoms with Crippen LogP contribution in [0, 0.1) is 17.0 Å². The molecule has 1 unspecified atom stereocenters. The van der Waals surface area contributed by atoms with Crippen LogP contribution in [0.3, 0.4) is 0 Å². The number of nitro groups is 1. The van der Waals surface area contributed by atoms with E-state index >= 15 is 0 Å². The number of nitrogens with one attached hydrogen (secondary N) is 1. The molecule has 0 aromatic heterocycles. The van der Waals surface area contributed by atoms with Gasteiger partial charge in [0.05, 0.1) is 22.6 Å². The second-order valence-corrected chi connectivity index (χ2v) is 5.94. The minimum absolute atomic E-state index is 0.0712. The van der Waals surface area contributed by atoms with Gasteiger partial charge in [0.15, 0.2) is 0 Å². The summed E-state index contributed by atoms with van der Waals surface area (Å²) in [5.41, 5.74) is 1.38. The van der Waals surface area contributed by atoms with E-state index in [-0.39, 0.29) is 17.6 Å². The van der Waals surface area contributed by atoms with Crippen molar-refractivity contribution in [2.45, 2.75) is 19.4 Å². The number of nitro benzene ring substituents is 1. The Morgan fingerprint density at radius 3 is 2.83 bits per heavy atom. The molecule has 0 spiro atoms. The van der Waals surface area contributed by atoms with Crippen LogP contribution in [0.5, 0.6) is 5.75 Å². The van der Waals surface area contributed by atoms with Crippen LogP contribution in [0.25, 0.3) is 0 Å². The number of fused-ring (bicyclic) bond motifs is 1. The Hall–Kier alpha value is -2.60. The topological polar surface area (TPSA) is 81.5 Å². The van der Waals surface area contributed by atoms with Crippen molar-refractivity contribution in [1.82, 2.24) is 5.32 Å². The summed E-state index contributed by atoms with van der Waals surface area (Å²) in [6, 6.07) is 9.60. The molecule has 0 saturated carbocycles. The normalized spacial score (nSPS) is 16.0. The standard InChI is InChI=1S/C17H15ClN2O4/c1-10-11(4-3-7-15(10)20(22)23)17(21)19-14-8-9-24-16-12(14)5-2-6-13(16)18/h2-7,14H,8-9H2,1H3,(H,19,21). The number of hydrogen-bond donors (Lipinski definition) is 1. The number of para-hydroxylation sites is 1. The van der Waals surface area contributed by atoms with Gasteiger partial charge in [0.1, 0.15) is 5.75 Å². The Kier molecular flexibility index (Phi) is 4.40. The molecule has 0 bridgehead atoms. The number of carbonyl (C=O) groups excluding carboxylic acids is 1. The van der Waals surface area contributed by atoms with Gasteiger partial charge in [-0.15, -0.1) is 0 Å². The van der Waals surface area contributed by atoms with Gasteiger partial charge < -0.3 is 10.1 Å². The van der Waals surface area contributed by atoms with Gasteiger partial charge in [-0.1, -0.05) is 29.8 Å². The van der Waals surface area contributed by atoms with Crippen LogP contribution in [0.2, 0.25) is 5.02 Å². The second-order valence-electron chi connectivity index (χ2n) is 5.53. The van der Waals surface area contributed by atoms with Crippen molar-refractivity contribution in [2.75, 3.05) is 6.61 Å². The van der Waals surface area contributed by atoms with Crippen LogP contribution in [-0.2, 0) is 0 Å². The van der Waals surface area contributed by atoms with Gasteiger partial charge in [-0.25, -0.2) is 0 Å². The molecule has 24 heavy (non-hydrogen) atoms. The number of rotatable bonds is 3. The highest BCUT2D eigenvalue weighted by Crippen LogP contribution is 2.37. The maximum Gasteiger partial charge on any atom is 0.273 e. The van der Waals surface area contributed by atoms with Crippen molar-refractivity contribution < 1.29 is 14.5 Å². The fraction of sp³-hybridized carbons (Fsp3) is 0.235. The average molecular weight is 347 g/mol. The Labute approximate surface area is 143 Å². The Balaban J connectivity index is 1.89. The number of nitrogens with zero attached hydrogens (tertiary/aromatic N) is 1. The second kappa shape index (κ2) is 6.49. The first kappa shape index (κ1) is 16.3. The number of hydrogen-bond acceptors (Lipinski definition) is 4. The van der Waals surface area contributed by atoms with E-state index in [1.54, 1.807) is 25.1 Å². The zero-order valence-electron chi connectivity index (χ0n) is 12.9. The molecule has 124 valence electrons. The van der Waals surface area contributed by atoms with Gasteiger partial charge >= 0.3 is 0 Å². The molecule has 1 N–H and O–H groups in total. The van der Waals surface area contributed by atoms with Crippen LogP contribution in [0.4, 0.5) is 5.69 Å². The van der Waals surface area contributed by atoms with Crippen molar-refractivity contribution in [3.05, 3.63) is 68.2 Å². The lowest BCUT2D eigenvalue weighted by molar-refractivity contribution is -0.385. The van der Waals surface area contributed by atoms with Crippen molar-refractivity contribution >= 4 is 23.2 Å². The SMILES string of the molecule is Cc1c(C(=O)NC2CCOc3c(Cl)cccc32)cccc1[N+](=O)[O-]. The molecule has 3 rings (SSSR count). The molecular weight excluding hydrogens is 332 g/mol. The zero-order chi connectivity index (χ0) is 17.3. The molecule has 1 aliphatic heterocycles. The summed E-state index contributed by atoms with van der Waals surface area (Å²) in [7, 11) is 0. The molecule has 6 nitrogen and oxygen atoms in total. The maximum atomic E-state index is 12.6. The van der Waals surface area contributed by atoms with E-state index in [4.69, 9.17) is 16.3 Å². The smallest absolute Gasteiger partial charge is 0.273 e. The molecule has 0 aliphatic carbocycles. The molecule has 1 atom stereocenters. The molecule has 2 aromatic carbocycles. The largest absolute Gasteiger partial charge is 0.492 e. The number of ether oxygens (including phenoxy) is 1. The Morgan fingerprint density at radius 1 is 1.33 bits per heavy atom. The van der Waals surface area contributed by atoms with Gasteiger partial charge in [-0.3, -0.25) is 14.9 Å². The summed E-state index contributed by atoms with van der Waals surface area (Å²) in [6.45, 7) is 2.01. The fourth-order valence-electron chi connectivity index (χ4n) is 2.84. The average Bonchev–Trinajstić information content (AvgIpc) is 2.55. The zero-order valence-corrected chi connectivity index (χ0v) is 13.7. The van der Waals surface area contributed by atoms with Crippen molar-refractivity contribution in [3.63, 3.8) is 0 Å². The van der Waals surface area contributed by atoms with Gasteiger partial charge in [-0.2, -0.15) is 0 Å². The fourth-order valence-corrected chi connectivity index (χ4v) is 3.08. The minimum atomic E-state index is -0.490. The van der Waals surface area contributed by atoms with Gasteiger partial charge in [0, 0.05) is 29.2 Å². The van der Waals surface area contributed by atoms with Crippen LogP contribution < -0.4 is 10.1 Å². The number of halogens is 1. The maximum absolute atomic E-state index is 12.6. The lowest BCUT2D eigenvalue weighted by Crippen LogP contribution is -2.32. The first-order valence-corrected chi connectivity index (χ1v) is 7.83. The highest BCUT2D eigenvalue weighted by Gasteiger charge is 2.26. The third kappa shape index (κ3) is 2.92. The monoisotopic (exact) mass is 346 g/mol. The van der Waals surface area contributed by atoms with E-state index in [0.29, 0.717) is 34.9 Å². The summed E-state index contributed by atoms with van der Waals surface area (Å²) in [5, 5.41) is 14.5. The Morgan fingerprint density at radius 2 is 2.08 bits per heavy atom. The van der Waals surface area contributed by atoms with E-state index in [1.807, 2.05) is 6.07 Å². The lowest BCUT2D eigenvalue weighted by atomic mass is 9.99. The summed E-state index contributed by atoms with van der Waals surface area (Å²) >= 11 is 6.13. The third-order valence-corrected chi connectivity index (χ3v) is 4.38. The van der Waals surface area contributed by atoms with Crippen LogP contribution >= 0.6 is 11.6 Å². The summed E-state index contributed by atoms with van der Waals surface area (Å²) in [6.07, 6.45) is 0.604. The highest BCUT2D eigenvalue weighted by molar-refractivity contribution is 6.32. The molecule has 0 saturated heterocycles. The van der Waals surface area contributed by atoms with E-state index in [9.17, 15) is 14.9 Å². The molecular formula is C17H15ClN2O4. The van der Waals surface area contributed by atoms with Crippen LogP contribution in [-0.4, -0.2) is 17.4 Å². The van der Waals surface area contributed by atoms with Crippen molar-refractivity contribution in [3.8, 4) is 5.75 Å². The lowest BCUT2D eigenvalue weighted by Gasteiger charge is -2.27. The minimum Gasteiger partial charge on any atom is -0.492 e. The summed E-state index contributed by atoms with van der Waals surface area (Å²) in [5.74, 6) is 0.223.